The molecule has 0 aliphatic carbocycles. The van der Waals surface area contributed by atoms with E-state index in [1.165, 1.54) is 4.90 Å². The predicted molar refractivity (Wildman–Crippen MR) is 90.0 cm³/mol. The van der Waals surface area contributed by atoms with Crippen LogP contribution in [0, 0.1) is 5.92 Å². The van der Waals surface area contributed by atoms with Crippen molar-refractivity contribution in [2.24, 2.45) is 11.7 Å². The third-order valence-corrected chi connectivity index (χ3v) is 4.26. The first-order valence-electron chi connectivity index (χ1n) is 7.56. The normalized spacial score (nSPS) is 14.8. The molecule has 3 N–H and O–H groups in total. The molecule has 3 amide bonds. The van der Waals surface area contributed by atoms with Crippen molar-refractivity contribution in [3.05, 3.63) is 33.8 Å². The number of hydrogen-bond donors (Lipinski definition) is 2. The number of nitrogens with two attached hydrogens (primary N) is 1. The number of benzene rings is 1. The van der Waals surface area contributed by atoms with Crippen LogP contribution in [0.3, 0.4) is 0 Å². The van der Waals surface area contributed by atoms with Crippen molar-refractivity contribution in [3.8, 4) is 0 Å². The molecule has 6 nitrogen and oxygen atoms in total. The fourth-order valence-corrected chi connectivity index (χ4v) is 2.68. The summed E-state index contributed by atoms with van der Waals surface area (Å²) in [4.78, 5) is 37.4. The lowest BCUT2D eigenvalue weighted by Gasteiger charge is -2.14. The van der Waals surface area contributed by atoms with Crippen LogP contribution in [-0.2, 0) is 4.79 Å². The molecule has 0 saturated heterocycles. The molecule has 0 aromatic heterocycles. The van der Waals surface area contributed by atoms with E-state index in [0.29, 0.717) is 30.6 Å². The molecule has 0 fully saturated rings. The topological polar surface area (TPSA) is 92.5 Å². The van der Waals surface area contributed by atoms with E-state index in [2.05, 4.69) is 21.2 Å². The van der Waals surface area contributed by atoms with Crippen molar-refractivity contribution >= 4 is 33.7 Å². The molecule has 23 heavy (non-hydrogen) atoms. The minimum atomic E-state index is -0.302. The maximum atomic E-state index is 12.3. The summed E-state index contributed by atoms with van der Waals surface area (Å²) in [5.41, 5.74) is 6.31. The van der Waals surface area contributed by atoms with Crippen LogP contribution in [0.15, 0.2) is 22.7 Å². The molecular weight excluding hydrogens is 362 g/mol. The Balaban J connectivity index is 1.84. The smallest absolute Gasteiger partial charge is 0.261 e. The van der Waals surface area contributed by atoms with Crippen LogP contribution in [0.2, 0.25) is 0 Å². The van der Waals surface area contributed by atoms with E-state index in [9.17, 15) is 14.4 Å². The standard InChI is InChI=1S/C16H20BrN3O3/c1-10(8-18)9-19-14(21)3-2-6-20-15(22)12-5-4-11(17)7-13(12)16(20)23/h4-5,7,10H,2-3,6,8-9,18H2,1H3,(H,19,21). The van der Waals surface area contributed by atoms with Crippen LogP contribution in [0.1, 0.15) is 40.5 Å². The number of imide groups is 1. The third-order valence-electron chi connectivity index (χ3n) is 3.77. The van der Waals surface area contributed by atoms with Gasteiger partial charge in [-0.2, -0.15) is 0 Å². The van der Waals surface area contributed by atoms with E-state index < -0.39 is 0 Å². The van der Waals surface area contributed by atoms with Crippen LogP contribution < -0.4 is 11.1 Å². The van der Waals surface area contributed by atoms with Gasteiger partial charge in [0.1, 0.15) is 0 Å². The van der Waals surface area contributed by atoms with Gasteiger partial charge in [0.25, 0.3) is 11.8 Å². The lowest BCUT2D eigenvalue weighted by Crippen LogP contribution is -2.33. The highest BCUT2D eigenvalue weighted by Crippen LogP contribution is 2.26. The molecule has 1 aliphatic rings. The highest BCUT2D eigenvalue weighted by molar-refractivity contribution is 9.10. The third kappa shape index (κ3) is 4.17. The lowest BCUT2D eigenvalue weighted by atomic mass is 10.1. The molecule has 124 valence electrons. The Hall–Kier alpha value is -1.73. The second-order valence-corrected chi connectivity index (χ2v) is 6.62. The first kappa shape index (κ1) is 17.6. The first-order valence-corrected chi connectivity index (χ1v) is 8.36. The number of carbonyl (C=O) groups excluding carboxylic acids is 3. The number of halogens is 1. The Morgan fingerprint density at radius 3 is 2.70 bits per heavy atom. The fourth-order valence-electron chi connectivity index (χ4n) is 2.32. The summed E-state index contributed by atoms with van der Waals surface area (Å²) in [6.07, 6.45) is 0.712. The summed E-state index contributed by atoms with van der Waals surface area (Å²) < 4.78 is 0.757. The number of amides is 3. The highest BCUT2D eigenvalue weighted by atomic mass is 79.9. The summed E-state index contributed by atoms with van der Waals surface area (Å²) in [7, 11) is 0. The van der Waals surface area contributed by atoms with Crippen molar-refractivity contribution < 1.29 is 14.4 Å². The van der Waals surface area contributed by atoms with E-state index in [1.54, 1.807) is 18.2 Å². The summed E-state index contributed by atoms with van der Waals surface area (Å²) in [5, 5.41) is 2.79. The molecule has 0 saturated carbocycles. The van der Waals surface area contributed by atoms with E-state index >= 15 is 0 Å². The van der Waals surface area contributed by atoms with Gasteiger partial charge < -0.3 is 11.1 Å². The molecule has 0 bridgehead atoms. The van der Waals surface area contributed by atoms with E-state index in [0.717, 1.165) is 4.47 Å². The van der Waals surface area contributed by atoms with Crippen molar-refractivity contribution in [2.45, 2.75) is 19.8 Å². The number of nitrogens with one attached hydrogen (secondary N) is 1. The van der Waals surface area contributed by atoms with Crippen LogP contribution in [0.4, 0.5) is 0 Å². The van der Waals surface area contributed by atoms with Crippen LogP contribution in [0.5, 0.6) is 0 Å². The zero-order valence-electron chi connectivity index (χ0n) is 13.0. The molecule has 1 atom stereocenters. The molecule has 1 heterocycles. The van der Waals surface area contributed by atoms with Crippen LogP contribution in [-0.4, -0.2) is 42.3 Å². The number of carbonyl (C=O) groups is 3. The monoisotopic (exact) mass is 381 g/mol. The van der Waals surface area contributed by atoms with Crippen molar-refractivity contribution in [1.29, 1.82) is 0 Å². The Kier molecular flexibility index (Phi) is 5.90. The Labute approximate surface area is 143 Å². The number of rotatable bonds is 7. The molecule has 1 aromatic rings. The van der Waals surface area contributed by atoms with Crippen molar-refractivity contribution in [3.63, 3.8) is 0 Å². The fraction of sp³-hybridized carbons (Fsp3) is 0.438. The van der Waals surface area contributed by atoms with Gasteiger partial charge in [0.05, 0.1) is 11.1 Å². The van der Waals surface area contributed by atoms with Gasteiger partial charge in [-0.15, -0.1) is 0 Å². The van der Waals surface area contributed by atoms with E-state index in [1.807, 2.05) is 6.92 Å². The van der Waals surface area contributed by atoms with Gasteiger partial charge in [-0.25, -0.2) is 0 Å². The highest BCUT2D eigenvalue weighted by Gasteiger charge is 2.35. The summed E-state index contributed by atoms with van der Waals surface area (Å²) in [6.45, 7) is 3.25. The number of fused-ring (bicyclic) bond motifs is 1. The Bertz CT molecular complexity index is 633. The van der Waals surface area contributed by atoms with Gasteiger partial charge in [-0.05, 0) is 37.1 Å². The quantitative estimate of drug-likeness (QED) is 0.700. The second kappa shape index (κ2) is 7.70. The van der Waals surface area contributed by atoms with E-state index in [-0.39, 0.29) is 36.6 Å². The van der Waals surface area contributed by atoms with Crippen LogP contribution in [0.25, 0.3) is 0 Å². The van der Waals surface area contributed by atoms with Gasteiger partial charge in [-0.3, -0.25) is 19.3 Å². The molecule has 1 unspecified atom stereocenters. The maximum absolute atomic E-state index is 12.3. The Morgan fingerprint density at radius 1 is 1.30 bits per heavy atom. The van der Waals surface area contributed by atoms with Gasteiger partial charge in [0.15, 0.2) is 0 Å². The van der Waals surface area contributed by atoms with E-state index in [4.69, 9.17) is 5.73 Å². The van der Waals surface area contributed by atoms with Crippen molar-refractivity contribution in [1.82, 2.24) is 10.2 Å². The molecule has 1 aromatic carbocycles. The minimum Gasteiger partial charge on any atom is -0.356 e. The number of hydrogen-bond acceptors (Lipinski definition) is 4. The van der Waals surface area contributed by atoms with Gasteiger partial charge in [0, 0.05) is 24.0 Å². The average molecular weight is 382 g/mol. The summed E-state index contributed by atoms with van der Waals surface area (Å²) >= 11 is 3.29. The van der Waals surface area contributed by atoms with Crippen LogP contribution >= 0.6 is 15.9 Å². The zero-order chi connectivity index (χ0) is 17.0. The van der Waals surface area contributed by atoms with Gasteiger partial charge in [0.2, 0.25) is 5.91 Å². The molecule has 0 spiro atoms. The van der Waals surface area contributed by atoms with Crippen molar-refractivity contribution in [2.75, 3.05) is 19.6 Å². The molecule has 7 heteroatoms. The van der Waals surface area contributed by atoms with Gasteiger partial charge >= 0.3 is 0 Å². The minimum absolute atomic E-state index is 0.0929. The number of nitrogens with zero attached hydrogens (tertiary/aromatic N) is 1. The molecule has 1 aliphatic heterocycles. The zero-order valence-corrected chi connectivity index (χ0v) is 14.6. The van der Waals surface area contributed by atoms with Gasteiger partial charge in [-0.1, -0.05) is 22.9 Å². The first-order chi connectivity index (χ1) is 10.9. The lowest BCUT2D eigenvalue weighted by molar-refractivity contribution is -0.121. The summed E-state index contributed by atoms with van der Waals surface area (Å²) in [6, 6.07) is 5.02. The SMILES string of the molecule is CC(CN)CNC(=O)CCCN1C(=O)c2ccc(Br)cc2C1=O. The summed E-state index contributed by atoms with van der Waals surface area (Å²) in [5.74, 6) is -0.462. The second-order valence-electron chi connectivity index (χ2n) is 5.70. The maximum Gasteiger partial charge on any atom is 0.261 e. The average Bonchev–Trinajstić information content (AvgIpc) is 2.76. The Morgan fingerprint density at radius 2 is 2.00 bits per heavy atom. The molecular formula is C16H20BrN3O3. The molecule has 0 radical (unpaired) electrons. The predicted octanol–water partition coefficient (Wildman–Crippen LogP) is 1.54. The molecule has 2 rings (SSSR count). The largest absolute Gasteiger partial charge is 0.356 e.